The van der Waals surface area contributed by atoms with Gasteiger partial charge in [0.25, 0.3) is 0 Å². The number of imidazole rings is 1. The topological polar surface area (TPSA) is 93.2 Å². The minimum Gasteiger partial charge on any atom is -0.391 e. The summed E-state index contributed by atoms with van der Waals surface area (Å²) in [4.78, 5) is 13.3. The van der Waals surface area contributed by atoms with Gasteiger partial charge in [0.2, 0.25) is 0 Å². The number of nitrogens with one attached hydrogen (secondary N) is 1. The maximum Gasteiger partial charge on any atom is 0.184 e. The molecule has 1 saturated carbocycles. The van der Waals surface area contributed by atoms with Crippen molar-refractivity contribution < 1.29 is 5.11 Å². The number of aliphatic hydroxyl groups excluding tert-OH is 1. The largest absolute Gasteiger partial charge is 0.391 e. The highest BCUT2D eigenvalue weighted by atomic mass is 32.1. The van der Waals surface area contributed by atoms with E-state index in [1.807, 2.05) is 24.5 Å². The molecule has 4 heterocycles. The predicted octanol–water partition coefficient (Wildman–Crippen LogP) is 3.83. The van der Waals surface area contributed by atoms with Crippen molar-refractivity contribution in [3.8, 4) is 5.69 Å². The number of benzene rings is 1. The number of aromatic nitrogens is 6. The van der Waals surface area contributed by atoms with Gasteiger partial charge in [0.1, 0.15) is 18.3 Å². The van der Waals surface area contributed by atoms with Crippen LogP contribution in [0.1, 0.15) is 36.9 Å². The quantitative estimate of drug-likeness (QED) is 0.427. The summed E-state index contributed by atoms with van der Waals surface area (Å²) in [7, 11) is 0. The second kappa shape index (κ2) is 7.99. The third kappa shape index (κ3) is 3.63. The third-order valence-corrected chi connectivity index (χ3v) is 7.08. The summed E-state index contributed by atoms with van der Waals surface area (Å²) in [6, 6.07) is 10.5. The molecule has 8 nitrogen and oxygen atoms in total. The van der Waals surface area contributed by atoms with Gasteiger partial charge in [-0.3, -0.25) is 0 Å². The van der Waals surface area contributed by atoms with Crippen LogP contribution in [-0.2, 0) is 6.42 Å². The molecule has 0 radical (unpaired) electrons. The first kappa shape index (κ1) is 19.4. The van der Waals surface area contributed by atoms with E-state index in [2.05, 4.69) is 43.0 Å². The molecular weight excluding hydrogens is 422 g/mol. The van der Waals surface area contributed by atoms with Crippen LogP contribution in [0.5, 0.6) is 0 Å². The van der Waals surface area contributed by atoms with E-state index in [4.69, 9.17) is 4.98 Å². The van der Waals surface area contributed by atoms with Crippen LogP contribution in [0.2, 0.25) is 0 Å². The van der Waals surface area contributed by atoms with Crippen LogP contribution < -0.4 is 5.32 Å². The molecule has 5 aromatic rings. The van der Waals surface area contributed by atoms with E-state index in [1.54, 1.807) is 22.3 Å². The minimum absolute atomic E-state index is 0.101. The summed E-state index contributed by atoms with van der Waals surface area (Å²) < 4.78 is 4.98. The summed E-state index contributed by atoms with van der Waals surface area (Å²) >= 11 is 1.65. The Labute approximate surface area is 188 Å². The van der Waals surface area contributed by atoms with E-state index in [9.17, 15) is 5.11 Å². The highest BCUT2D eigenvalue weighted by molar-refractivity contribution is 7.22. The molecule has 9 heteroatoms. The van der Waals surface area contributed by atoms with Crippen LogP contribution in [0.3, 0.4) is 0 Å². The second-order valence-corrected chi connectivity index (χ2v) is 9.33. The molecule has 32 heavy (non-hydrogen) atoms. The number of hydrogen-bond acceptors (Lipinski definition) is 7. The summed E-state index contributed by atoms with van der Waals surface area (Å²) in [6.45, 7) is 0. The van der Waals surface area contributed by atoms with Crippen LogP contribution in [-0.4, -0.2) is 46.4 Å². The average molecular weight is 446 g/mol. The number of hydrogen-bond donors (Lipinski definition) is 2. The van der Waals surface area contributed by atoms with Gasteiger partial charge in [0.05, 0.1) is 28.0 Å². The fraction of sp³-hybridized carbons (Fsp3) is 0.304. The number of aliphatic hydroxyl groups is 1. The molecule has 1 fully saturated rings. The standard InChI is InChI=1S/C23H23N7OS/c31-20-4-2-1-3-18(20)27-23-28-19-6-5-15(10-21(19)32-23)9-17-12-25-22-11-16(7-8-29(17)22)30-14-24-13-26-30/h5-8,10-14,18,20,31H,1-4,9H2,(H,27,28)/t18?,20-/m1/s1. The molecule has 0 amide bonds. The van der Waals surface area contributed by atoms with Crippen molar-refractivity contribution in [2.45, 2.75) is 44.2 Å². The lowest BCUT2D eigenvalue weighted by Crippen LogP contribution is -2.36. The molecule has 162 valence electrons. The van der Waals surface area contributed by atoms with Crippen LogP contribution in [0.4, 0.5) is 5.13 Å². The Morgan fingerprint density at radius 1 is 1.16 bits per heavy atom. The second-order valence-electron chi connectivity index (χ2n) is 8.30. The monoisotopic (exact) mass is 445 g/mol. The van der Waals surface area contributed by atoms with E-state index >= 15 is 0 Å². The minimum atomic E-state index is -0.286. The van der Waals surface area contributed by atoms with E-state index in [1.165, 1.54) is 11.9 Å². The Morgan fingerprint density at radius 3 is 2.97 bits per heavy atom. The van der Waals surface area contributed by atoms with Crippen molar-refractivity contribution in [3.05, 3.63) is 66.6 Å². The van der Waals surface area contributed by atoms with Crippen LogP contribution >= 0.6 is 11.3 Å². The number of thiazole rings is 1. The molecule has 0 bridgehead atoms. The fourth-order valence-electron chi connectivity index (χ4n) is 4.43. The summed E-state index contributed by atoms with van der Waals surface area (Å²) in [5, 5.41) is 18.8. The first-order chi connectivity index (χ1) is 15.7. The van der Waals surface area contributed by atoms with Gasteiger partial charge in [-0.2, -0.15) is 5.10 Å². The first-order valence-electron chi connectivity index (χ1n) is 10.9. The fourth-order valence-corrected chi connectivity index (χ4v) is 5.42. The van der Waals surface area contributed by atoms with Crippen LogP contribution in [0.25, 0.3) is 21.6 Å². The molecular formula is C23H23N7OS. The summed E-state index contributed by atoms with van der Waals surface area (Å²) in [5.74, 6) is 0. The molecule has 0 aliphatic heterocycles. The SMILES string of the molecule is O[C@@H]1CCCCC1Nc1nc2ccc(Cc3cnc4cc(-n5cncn5)ccn34)cc2s1. The van der Waals surface area contributed by atoms with E-state index in [0.717, 1.165) is 64.5 Å². The Hall–Kier alpha value is -3.30. The van der Waals surface area contributed by atoms with Crippen molar-refractivity contribution in [3.63, 3.8) is 0 Å². The van der Waals surface area contributed by atoms with E-state index < -0.39 is 0 Å². The van der Waals surface area contributed by atoms with Gasteiger partial charge in [0.15, 0.2) is 5.13 Å². The molecule has 1 unspecified atom stereocenters. The number of rotatable bonds is 5. The molecule has 2 atom stereocenters. The van der Waals surface area contributed by atoms with Crippen molar-refractivity contribution >= 4 is 32.3 Å². The van der Waals surface area contributed by atoms with Gasteiger partial charge >= 0.3 is 0 Å². The molecule has 2 N–H and O–H groups in total. The van der Waals surface area contributed by atoms with Gasteiger partial charge in [-0.05, 0) is 36.6 Å². The Bertz CT molecular complexity index is 1370. The first-order valence-corrected chi connectivity index (χ1v) is 11.7. The zero-order valence-corrected chi connectivity index (χ0v) is 18.2. The van der Waals surface area contributed by atoms with Gasteiger partial charge in [-0.25, -0.2) is 19.6 Å². The molecule has 1 aliphatic rings. The Kier molecular flexibility index (Phi) is 4.84. The molecule has 6 rings (SSSR count). The molecule has 4 aromatic heterocycles. The van der Waals surface area contributed by atoms with Gasteiger partial charge in [-0.15, -0.1) is 0 Å². The lowest BCUT2D eigenvalue weighted by Gasteiger charge is -2.27. The maximum absolute atomic E-state index is 10.2. The predicted molar refractivity (Wildman–Crippen MR) is 124 cm³/mol. The number of fused-ring (bicyclic) bond motifs is 2. The van der Waals surface area contributed by atoms with Crippen molar-refractivity contribution in [1.29, 1.82) is 0 Å². The van der Waals surface area contributed by atoms with Crippen molar-refractivity contribution in [2.75, 3.05) is 5.32 Å². The van der Waals surface area contributed by atoms with Crippen LogP contribution in [0.15, 0.2) is 55.4 Å². The molecule has 1 aliphatic carbocycles. The number of pyridine rings is 1. The molecule has 0 saturated heterocycles. The number of anilines is 1. The normalized spacial score (nSPS) is 19.0. The van der Waals surface area contributed by atoms with Gasteiger partial charge in [0, 0.05) is 30.6 Å². The lowest BCUT2D eigenvalue weighted by molar-refractivity contribution is 0.116. The Balaban J connectivity index is 1.23. The third-order valence-electron chi connectivity index (χ3n) is 6.13. The smallest absolute Gasteiger partial charge is 0.184 e. The maximum atomic E-state index is 10.2. The van der Waals surface area contributed by atoms with Crippen molar-refractivity contribution in [2.24, 2.45) is 0 Å². The van der Waals surface area contributed by atoms with E-state index in [-0.39, 0.29) is 12.1 Å². The molecule has 1 aromatic carbocycles. The summed E-state index contributed by atoms with van der Waals surface area (Å²) in [5.41, 5.74) is 5.14. The van der Waals surface area contributed by atoms with Crippen LogP contribution in [0, 0.1) is 0 Å². The van der Waals surface area contributed by atoms with E-state index in [0.29, 0.717) is 0 Å². The zero-order chi connectivity index (χ0) is 21.5. The number of nitrogens with zero attached hydrogens (tertiary/aromatic N) is 6. The summed E-state index contributed by atoms with van der Waals surface area (Å²) in [6.07, 6.45) is 11.8. The average Bonchev–Trinajstić information content (AvgIpc) is 3.55. The van der Waals surface area contributed by atoms with Crippen molar-refractivity contribution in [1.82, 2.24) is 29.1 Å². The lowest BCUT2D eigenvalue weighted by atomic mass is 9.93. The Morgan fingerprint density at radius 2 is 2.09 bits per heavy atom. The highest BCUT2D eigenvalue weighted by Crippen LogP contribution is 2.30. The highest BCUT2D eigenvalue weighted by Gasteiger charge is 2.23. The zero-order valence-electron chi connectivity index (χ0n) is 17.4. The van der Waals surface area contributed by atoms with Gasteiger partial charge < -0.3 is 14.8 Å². The molecule has 0 spiro atoms. The van der Waals surface area contributed by atoms with Gasteiger partial charge in [-0.1, -0.05) is 30.2 Å².